The van der Waals surface area contributed by atoms with Crippen LogP contribution < -0.4 is 21.7 Å². The van der Waals surface area contributed by atoms with Crippen molar-refractivity contribution in [1.82, 2.24) is 36.2 Å². The Morgan fingerprint density at radius 1 is 0.920 bits per heavy atom. The second-order valence-electron chi connectivity index (χ2n) is 13.0. The number of aromatic nitrogens is 4. The summed E-state index contributed by atoms with van der Waals surface area (Å²) in [5.74, 6) is 0.233. The molecule has 1 aliphatic carbocycles. The van der Waals surface area contributed by atoms with E-state index in [9.17, 15) is 14.4 Å². The lowest BCUT2D eigenvalue weighted by Crippen LogP contribution is -2.48. The first-order valence-electron chi connectivity index (χ1n) is 17.4. The molecule has 0 radical (unpaired) electrons. The maximum atomic E-state index is 13.7. The minimum Gasteiger partial charge on any atom is -0.379 e. The molecule has 1 unspecified atom stereocenters. The molecule has 2 fully saturated rings. The highest BCUT2D eigenvalue weighted by Crippen LogP contribution is 2.29. The van der Waals surface area contributed by atoms with Crippen molar-refractivity contribution in [2.24, 2.45) is 17.6 Å². The number of aromatic amines is 1. The van der Waals surface area contributed by atoms with Crippen molar-refractivity contribution < 1.29 is 19.1 Å². The summed E-state index contributed by atoms with van der Waals surface area (Å²) in [7, 11) is 0. The van der Waals surface area contributed by atoms with Gasteiger partial charge in [-0.1, -0.05) is 36.4 Å². The SMILES string of the molecule is NCC1CCC(C(=O)NC(Cc2ccc(-c3cccc(C(=O)NCCN4CCOCC4)c3)cc2)C(=O)Nc2ccc(-c3nn[nH]n3)cc2)CC1. The van der Waals surface area contributed by atoms with E-state index >= 15 is 0 Å². The summed E-state index contributed by atoms with van der Waals surface area (Å²) in [6.07, 6.45) is 3.66. The van der Waals surface area contributed by atoms with E-state index in [0.717, 1.165) is 80.8 Å². The normalized spacial score (nSPS) is 18.6. The van der Waals surface area contributed by atoms with Gasteiger partial charge in [0.25, 0.3) is 5.91 Å². The molecule has 262 valence electrons. The molecule has 3 amide bonds. The highest BCUT2D eigenvalue weighted by atomic mass is 16.5. The standard InChI is InChI=1S/C37H45N9O4/c38-24-26-6-10-29(11-7-26)36(48)41-33(37(49)40-32-14-12-28(13-15-32)34-42-44-45-43-34)22-25-4-8-27(9-5-25)30-2-1-3-31(23-30)35(47)39-16-17-46-18-20-50-21-19-46/h1-5,8-9,12-15,23,26,29,33H,6-7,10-11,16-22,24,38H2,(H,39,47)(H,40,49)(H,41,48)(H,42,43,44,45). The van der Waals surface area contributed by atoms with Gasteiger partial charge in [-0.2, -0.15) is 5.21 Å². The van der Waals surface area contributed by atoms with Crippen LogP contribution in [0.1, 0.15) is 41.6 Å². The van der Waals surface area contributed by atoms with Gasteiger partial charge in [-0.05, 0) is 96.4 Å². The van der Waals surface area contributed by atoms with Crippen LogP contribution in [0.4, 0.5) is 5.69 Å². The van der Waals surface area contributed by atoms with Gasteiger partial charge in [0.1, 0.15) is 6.04 Å². The third-order valence-electron chi connectivity index (χ3n) is 9.61. The Morgan fingerprint density at radius 3 is 2.36 bits per heavy atom. The Morgan fingerprint density at radius 2 is 1.66 bits per heavy atom. The molecule has 13 nitrogen and oxygen atoms in total. The number of hydrogen-bond donors (Lipinski definition) is 5. The molecule has 1 aliphatic heterocycles. The van der Waals surface area contributed by atoms with Crippen molar-refractivity contribution >= 4 is 23.4 Å². The number of tetrazole rings is 1. The summed E-state index contributed by atoms with van der Waals surface area (Å²) in [6, 6.07) is 21.8. The lowest BCUT2D eigenvalue weighted by Gasteiger charge is -2.28. The molecule has 6 rings (SSSR count). The Bertz CT molecular complexity index is 1700. The van der Waals surface area contributed by atoms with Crippen molar-refractivity contribution in [2.75, 3.05) is 51.3 Å². The molecule has 2 heterocycles. The number of rotatable bonds is 13. The van der Waals surface area contributed by atoms with E-state index in [2.05, 4.69) is 41.5 Å². The molecular weight excluding hydrogens is 634 g/mol. The number of nitrogens with two attached hydrogens (primary N) is 1. The fourth-order valence-electron chi connectivity index (χ4n) is 6.54. The smallest absolute Gasteiger partial charge is 0.251 e. The number of benzene rings is 3. The van der Waals surface area contributed by atoms with Gasteiger partial charge in [0, 0.05) is 55.3 Å². The monoisotopic (exact) mass is 679 g/mol. The number of ether oxygens (including phenoxy) is 1. The highest BCUT2D eigenvalue weighted by molar-refractivity contribution is 5.98. The largest absolute Gasteiger partial charge is 0.379 e. The van der Waals surface area contributed by atoms with Gasteiger partial charge in [-0.3, -0.25) is 19.3 Å². The second-order valence-corrected chi connectivity index (χ2v) is 13.0. The van der Waals surface area contributed by atoms with Crippen LogP contribution in [0, 0.1) is 11.8 Å². The van der Waals surface area contributed by atoms with Gasteiger partial charge in [-0.15, -0.1) is 10.2 Å². The molecular formula is C37H45N9O4. The first-order chi connectivity index (χ1) is 24.4. The summed E-state index contributed by atoms with van der Waals surface area (Å²) in [6.45, 7) is 5.22. The molecule has 1 saturated heterocycles. The number of amides is 3. The van der Waals surface area contributed by atoms with Gasteiger partial charge in [0.2, 0.25) is 17.6 Å². The average Bonchev–Trinajstić information content (AvgIpc) is 3.71. The second kappa shape index (κ2) is 17.1. The Labute approximate surface area is 291 Å². The number of hydrogen-bond acceptors (Lipinski definition) is 9. The molecule has 3 aromatic carbocycles. The van der Waals surface area contributed by atoms with Crippen LogP contribution >= 0.6 is 0 Å². The van der Waals surface area contributed by atoms with Gasteiger partial charge in [-0.25, -0.2) is 0 Å². The van der Waals surface area contributed by atoms with E-state index < -0.39 is 6.04 Å². The van der Waals surface area contributed by atoms with Crippen LogP contribution in [0.5, 0.6) is 0 Å². The lowest BCUT2D eigenvalue weighted by atomic mass is 9.81. The van der Waals surface area contributed by atoms with E-state index in [1.165, 1.54) is 0 Å². The molecule has 13 heteroatoms. The Balaban J connectivity index is 1.10. The number of nitrogens with zero attached hydrogens (tertiary/aromatic N) is 4. The Hall–Kier alpha value is -4.98. The number of carbonyl (C=O) groups is 3. The summed E-state index contributed by atoms with van der Waals surface area (Å²) in [5, 5.41) is 23.1. The van der Waals surface area contributed by atoms with Gasteiger partial charge < -0.3 is 26.4 Å². The molecule has 50 heavy (non-hydrogen) atoms. The molecule has 0 bridgehead atoms. The highest BCUT2D eigenvalue weighted by Gasteiger charge is 2.29. The number of H-pyrrole nitrogens is 1. The zero-order valence-electron chi connectivity index (χ0n) is 28.1. The van der Waals surface area contributed by atoms with Crippen LogP contribution in [0.2, 0.25) is 0 Å². The van der Waals surface area contributed by atoms with E-state index in [-0.39, 0.29) is 23.6 Å². The molecule has 0 spiro atoms. The van der Waals surface area contributed by atoms with Crippen LogP contribution in [-0.4, -0.2) is 95.2 Å². The minimum absolute atomic E-state index is 0.107. The molecule has 1 atom stereocenters. The summed E-state index contributed by atoms with van der Waals surface area (Å²) in [5.41, 5.74) is 10.6. The predicted octanol–water partition coefficient (Wildman–Crippen LogP) is 3.03. The van der Waals surface area contributed by atoms with Crippen molar-refractivity contribution in [3.8, 4) is 22.5 Å². The predicted molar refractivity (Wildman–Crippen MR) is 190 cm³/mol. The Kier molecular flexibility index (Phi) is 11.9. The van der Waals surface area contributed by atoms with Gasteiger partial charge in [0.05, 0.1) is 13.2 Å². The maximum absolute atomic E-state index is 13.7. The molecule has 2 aliphatic rings. The molecule has 6 N–H and O–H groups in total. The quantitative estimate of drug-likeness (QED) is 0.142. The van der Waals surface area contributed by atoms with Gasteiger partial charge in [0.15, 0.2) is 0 Å². The topological polar surface area (TPSA) is 180 Å². The maximum Gasteiger partial charge on any atom is 0.251 e. The molecule has 1 saturated carbocycles. The van der Waals surface area contributed by atoms with Crippen molar-refractivity contribution in [1.29, 1.82) is 0 Å². The van der Waals surface area contributed by atoms with Crippen molar-refractivity contribution in [3.05, 3.63) is 83.9 Å². The van der Waals surface area contributed by atoms with Crippen molar-refractivity contribution in [2.45, 2.75) is 38.1 Å². The fourth-order valence-corrected chi connectivity index (χ4v) is 6.54. The summed E-state index contributed by atoms with van der Waals surface area (Å²) in [4.78, 5) is 42.3. The lowest BCUT2D eigenvalue weighted by molar-refractivity contribution is -0.130. The van der Waals surface area contributed by atoms with Crippen LogP contribution in [-0.2, 0) is 20.7 Å². The number of carbonyl (C=O) groups excluding carboxylic acids is 3. The number of anilines is 1. The molecule has 4 aromatic rings. The van der Waals surface area contributed by atoms with E-state index in [1.807, 2.05) is 48.5 Å². The first-order valence-corrected chi connectivity index (χ1v) is 17.4. The summed E-state index contributed by atoms with van der Waals surface area (Å²) < 4.78 is 5.40. The van der Waals surface area contributed by atoms with Crippen LogP contribution in [0.3, 0.4) is 0 Å². The third kappa shape index (κ3) is 9.37. The zero-order valence-corrected chi connectivity index (χ0v) is 28.1. The first kappa shape index (κ1) is 34.9. The van der Waals surface area contributed by atoms with E-state index in [0.29, 0.717) is 42.5 Å². The van der Waals surface area contributed by atoms with Crippen LogP contribution in [0.25, 0.3) is 22.5 Å². The van der Waals surface area contributed by atoms with E-state index in [4.69, 9.17) is 10.5 Å². The minimum atomic E-state index is -0.790. The fraction of sp³-hybridized carbons (Fsp3) is 0.405. The van der Waals surface area contributed by atoms with Crippen LogP contribution in [0.15, 0.2) is 72.8 Å². The third-order valence-corrected chi connectivity index (χ3v) is 9.61. The number of nitrogens with one attached hydrogen (secondary N) is 4. The number of morpholine rings is 1. The van der Waals surface area contributed by atoms with Gasteiger partial charge >= 0.3 is 0 Å². The van der Waals surface area contributed by atoms with E-state index in [1.54, 1.807) is 24.3 Å². The summed E-state index contributed by atoms with van der Waals surface area (Å²) >= 11 is 0. The average molecular weight is 680 g/mol. The van der Waals surface area contributed by atoms with Crippen molar-refractivity contribution in [3.63, 3.8) is 0 Å². The zero-order chi connectivity index (χ0) is 34.7. The molecule has 1 aromatic heterocycles.